The van der Waals surface area contributed by atoms with Gasteiger partial charge in [-0.2, -0.15) is 0 Å². The molecule has 170 valence electrons. The van der Waals surface area contributed by atoms with Crippen LogP contribution < -0.4 is 16.5 Å². The quantitative estimate of drug-likeness (QED) is 0.351. The molecule has 32 heavy (non-hydrogen) atoms. The summed E-state index contributed by atoms with van der Waals surface area (Å²) in [5.41, 5.74) is 10.2. The van der Waals surface area contributed by atoms with Crippen LogP contribution in [0, 0.1) is 11.8 Å². The fourth-order valence-corrected chi connectivity index (χ4v) is 2.87. The lowest BCUT2D eigenvalue weighted by Gasteiger charge is -2.30. The highest BCUT2D eigenvalue weighted by molar-refractivity contribution is 5.97. The molecule has 0 aliphatic carbocycles. The minimum atomic E-state index is -0.932. The number of carbonyl (C=O) groups is 2. The molecule has 0 aromatic heterocycles. The van der Waals surface area contributed by atoms with E-state index in [1.54, 1.807) is 50.2 Å². The second-order valence-electron chi connectivity index (χ2n) is 8.24. The fraction of sp³-hybridized carbons (Fsp3) is 0.360. The molecule has 0 heterocycles. The van der Waals surface area contributed by atoms with E-state index in [0.717, 1.165) is 11.1 Å². The van der Waals surface area contributed by atoms with E-state index in [-0.39, 0.29) is 0 Å². The first-order valence-electron chi connectivity index (χ1n) is 10.5. The number of anilines is 1. The number of benzene rings is 2. The molecule has 7 nitrogen and oxygen atoms in total. The van der Waals surface area contributed by atoms with Crippen LogP contribution in [0.5, 0.6) is 0 Å². The Morgan fingerprint density at radius 1 is 1.00 bits per heavy atom. The summed E-state index contributed by atoms with van der Waals surface area (Å²) in [6, 6.07) is 13.2. The summed E-state index contributed by atoms with van der Waals surface area (Å²) in [5, 5.41) is 2.74. The van der Waals surface area contributed by atoms with Gasteiger partial charge in [0.25, 0.3) is 11.8 Å². The predicted molar refractivity (Wildman–Crippen MR) is 125 cm³/mol. The lowest BCUT2D eigenvalue weighted by molar-refractivity contribution is -0.142. The standard InChI is InChI=1S/C25H31N3O4/c1-6-31-28-24(30)22(17(2)32-25(3,4)5)27-23(29)20-13-9-18(10-14-20)7-8-19-11-15-21(26)16-12-19/h9-17,22H,6,26H2,1-5H3,(H,27,29)(H,28,30)/t17-,22+/m1/s1. The van der Waals surface area contributed by atoms with Crippen molar-refractivity contribution in [1.82, 2.24) is 10.8 Å². The second-order valence-corrected chi connectivity index (χ2v) is 8.24. The van der Waals surface area contributed by atoms with Gasteiger partial charge in [-0.05, 0) is 83.1 Å². The molecule has 2 amide bonds. The normalized spacial score (nSPS) is 12.8. The molecule has 0 unspecified atom stereocenters. The zero-order chi connectivity index (χ0) is 23.7. The first-order chi connectivity index (χ1) is 15.1. The Bertz CT molecular complexity index is 967. The van der Waals surface area contributed by atoms with Crippen LogP contribution in [0.2, 0.25) is 0 Å². The third-order valence-electron chi connectivity index (χ3n) is 4.30. The molecule has 0 aliphatic rings. The Morgan fingerprint density at radius 3 is 2.03 bits per heavy atom. The van der Waals surface area contributed by atoms with Crippen molar-refractivity contribution in [3.8, 4) is 11.8 Å². The van der Waals surface area contributed by atoms with E-state index in [1.807, 2.05) is 32.9 Å². The van der Waals surface area contributed by atoms with Gasteiger partial charge in [-0.25, -0.2) is 5.48 Å². The number of nitrogens with two attached hydrogens (primary N) is 1. The van der Waals surface area contributed by atoms with Gasteiger partial charge in [-0.15, -0.1) is 0 Å². The minimum Gasteiger partial charge on any atom is -0.399 e. The van der Waals surface area contributed by atoms with Crippen molar-refractivity contribution in [2.24, 2.45) is 0 Å². The van der Waals surface area contributed by atoms with Crippen molar-refractivity contribution in [2.75, 3.05) is 12.3 Å². The number of nitrogens with one attached hydrogen (secondary N) is 2. The average Bonchev–Trinajstić information content (AvgIpc) is 2.74. The number of hydrogen-bond acceptors (Lipinski definition) is 5. The molecular weight excluding hydrogens is 406 g/mol. The summed E-state index contributed by atoms with van der Waals surface area (Å²) in [4.78, 5) is 30.3. The Hall–Kier alpha value is -3.34. The highest BCUT2D eigenvalue weighted by Gasteiger charge is 2.31. The third-order valence-corrected chi connectivity index (χ3v) is 4.30. The van der Waals surface area contributed by atoms with Crippen molar-refractivity contribution < 1.29 is 19.2 Å². The maximum absolute atomic E-state index is 12.8. The van der Waals surface area contributed by atoms with E-state index in [1.165, 1.54) is 0 Å². The van der Waals surface area contributed by atoms with Gasteiger partial charge in [0, 0.05) is 22.4 Å². The Kier molecular flexibility index (Phi) is 8.82. The molecule has 2 atom stereocenters. The number of amides is 2. The van der Waals surface area contributed by atoms with Crippen molar-refractivity contribution in [1.29, 1.82) is 0 Å². The molecule has 2 aromatic rings. The highest BCUT2D eigenvalue weighted by atomic mass is 16.6. The summed E-state index contributed by atoms with van der Waals surface area (Å²) >= 11 is 0. The molecule has 0 saturated carbocycles. The summed E-state index contributed by atoms with van der Waals surface area (Å²) in [6.07, 6.45) is -0.579. The number of nitrogen functional groups attached to an aromatic ring is 1. The molecule has 2 rings (SSSR count). The van der Waals surface area contributed by atoms with Crippen LogP contribution >= 0.6 is 0 Å². The van der Waals surface area contributed by atoms with Crippen LogP contribution in [0.15, 0.2) is 48.5 Å². The largest absolute Gasteiger partial charge is 0.399 e. The van der Waals surface area contributed by atoms with E-state index >= 15 is 0 Å². The lowest BCUT2D eigenvalue weighted by Crippen LogP contribution is -2.54. The molecule has 0 aliphatic heterocycles. The molecular formula is C25H31N3O4. The Labute approximate surface area is 189 Å². The van der Waals surface area contributed by atoms with Gasteiger partial charge in [-0.3, -0.25) is 14.4 Å². The van der Waals surface area contributed by atoms with Crippen LogP contribution in [0.1, 0.15) is 56.1 Å². The molecule has 2 aromatic carbocycles. The molecule has 0 bridgehead atoms. The van der Waals surface area contributed by atoms with Crippen molar-refractivity contribution in [3.05, 3.63) is 65.2 Å². The zero-order valence-electron chi connectivity index (χ0n) is 19.2. The molecule has 4 N–H and O–H groups in total. The summed E-state index contributed by atoms with van der Waals surface area (Å²) in [6.45, 7) is 9.44. The summed E-state index contributed by atoms with van der Waals surface area (Å²) in [7, 11) is 0. The lowest BCUT2D eigenvalue weighted by atomic mass is 10.1. The molecule has 7 heteroatoms. The number of hydroxylamine groups is 1. The number of carbonyl (C=O) groups excluding carboxylic acids is 2. The van der Waals surface area contributed by atoms with Gasteiger partial charge in [-0.1, -0.05) is 11.8 Å². The van der Waals surface area contributed by atoms with E-state index in [2.05, 4.69) is 22.6 Å². The van der Waals surface area contributed by atoms with Gasteiger partial charge >= 0.3 is 0 Å². The van der Waals surface area contributed by atoms with E-state index in [9.17, 15) is 9.59 Å². The van der Waals surface area contributed by atoms with E-state index in [0.29, 0.717) is 17.9 Å². The van der Waals surface area contributed by atoms with Crippen LogP contribution in [0.25, 0.3) is 0 Å². The smallest absolute Gasteiger partial charge is 0.268 e. The van der Waals surface area contributed by atoms with Gasteiger partial charge in [0.2, 0.25) is 0 Å². The topological polar surface area (TPSA) is 103 Å². The predicted octanol–water partition coefficient (Wildman–Crippen LogP) is 3.04. The fourth-order valence-electron chi connectivity index (χ4n) is 2.87. The van der Waals surface area contributed by atoms with Crippen molar-refractivity contribution in [3.63, 3.8) is 0 Å². The molecule has 0 fully saturated rings. The maximum atomic E-state index is 12.8. The van der Waals surface area contributed by atoms with Crippen LogP contribution in [-0.4, -0.2) is 36.2 Å². The monoisotopic (exact) mass is 437 g/mol. The van der Waals surface area contributed by atoms with Crippen LogP contribution in [0.4, 0.5) is 5.69 Å². The van der Waals surface area contributed by atoms with Gasteiger partial charge < -0.3 is 15.8 Å². The summed E-state index contributed by atoms with van der Waals surface area (Å²) in [5.74, 6) is 5.22. The Morgan fingerprint density at radius 2 is 1.53 bits per heavy atom. The average molecular weight is 438 g/mol. The van der Waals surface area contributed by atoms with Crippen molar-refractivity contribution in [2.45, 2.75) is 52.4 Å². The van der Waals surface area contributed by atoms with Gasteiger partial charge in [0.1, 0.15) is 6.04 Å². The Balaban J connectivity index is 2.11. The first-order valence-corrected chi connectivity index (χ1v) is 10.5. The zero-order valence-corrected chi connectivity index (χ0v) is 19.2. The van der Waals surface area contributed by atoms with Crippen LogP contribution in [0.3, 0.4) is 0 Å². The second kappa shape index (κ2) is 11.3. The third kappa shape index (κ3) is 8.06. The first kappa shape index (κ1) is 24.9. The molecule has 0 spiro atoms. The van der Waals surface area contributed by atoms with E-state index in [4.69, 9.17) is 15.3 Å². The SMILES string of the molecule is CCONC(=O)[C@@H](NC(=O)c1ccc(C#Cc2ccc(N)cc2)cc1)[C@@H](C)OC(C)(C)C. The number of rotatable bonds is 7. The van der Waals surface area contributed by atoms with E-state index < -0.39 is 29.6 Å². The number of ether oxygens (including phenoxy) is 1. The molecule has 0 saturated heterocycles. The maximum Gasteiger partial charge on any atom is 0.268 e. The van der Waals surface area contributed by atoms with Gasteiger partial charge in [0.15, 0.2) is 0 Å². The molecule has 0 radical (unpaired) electrons. The van der Waals surface area contributed by atoms with Crippen LogP contribution in [-0.2, 0) is 14.4 Å². The number of hydrogen-bond donors (Lipinski definition) is 3. The van der Waals surface area contributed by atoms with Crippen molar-refractivity contribution >= 4 is 17.5 Å². The summed E-state index contributed by atoms with van der Waals surface area (Å²) < 4.78 is 5.88. The van der Waals surface area contributed by atoms with Gasteiger partial charge in [0.05, 0.1) is 18.3 Å². The minimum absolute atomic E-state index is 0.305. The highest BCUT2D eigenvalue weighted by Crippen LogP contribution is 2.14.